The maximum absolute atomic E-state index is 14.2. The van der Waals surface area contributed by atoms with E-state index in [-0.39, 0.29) is 34.7 Å². The van der Waals surface area contributed by atoms with E-state index in [1.165, 1.54) is 6.07 Å². The lowest BCUT2D eigenvalue weighted by Crippen LogP contribution is -2.30. The van der Waals surface area contributed by atoms with Crippen LogP contribution in [0, 0.1) is 11.7 Å². The predicted octanol–water partition coefficient (Wildman–Crippen LogP) is 1.59. The highest BCUT2D eigenvalue weighted by molar-refractivity contribution is 7.91. The molecule has 0 saturated carbocycles. The summed E-state index contributed by atoms with van der Waals surface area (Å²) in [4.78, 5) is 14.1. The molecule has 2 aliphatic heterocycles. The van der Waals surface area contributed by atoms with Crippen molar-refractivity contribution in [2.75, 3.05) is 36.0 Å². The van der Waals surface area contributed by atoms with Gasteiger partial charge in [-0.2, -0.15) is 0 Å². The number of halogens is 1. The van der Waals surface area contributed by atoms with Gasteiger partial charge in [0.15, 0.2) is 9.84 Å². The maximum atomic E-state index is 14.2. The molecule has 1 atom stereocenters. The normalized spacial score (nSPS) is 23.2. The molecule has 1 aromatic carbocycles. The molecule has 2 heterocycles. The third-order valence-electron chi connectivity index (χ3n) is 4.53. The minimum Gasteiger partial charge on any atom is -0.369 e. The lowest BCUT2D eigenvalue weighted by molar-refractivity contribution is 0.0948. The zero-order chi connectivity index (χ0) is 16.4. The molecule has 1 unspecified atom stereocenters. The van der Waals surface area contributed by atoms with Crippen molar-refractivity contribution in [2.45, 2.75) is 19.3 Å². The molecule has 126 valence electrons. The van der Waals surface area contributed by atoms with Gasteiger partial charge in [-0.15, -0.1) is 0 Å². The number of nitrogens with one attached hydrogen (secondary N) is 1. The smallest absolute Gasteiger partial charge is 0.251 e. The predicted molar refractivity (Wildman–Crippen MR) is 86.9 cm³/mol. The molecule has 7 heteroatoms. The monoisotopic (exact) mass is 340 g/mol. The SMILES string of the molecule is O=C(NCC1CCS(=O)(=O)C1)c1ccc(N2CCCC2)c(F)c1. The number of amides is 1. The summed E-state index contributed by atoms with van der Waals surface area (Å²) < 4.78 is 37.0. The molecule has 2 fully saturated rings. The Morgan fingerprint density at radius 2 is 2.04 bits per heavy atom. The number of nitrogens with zero attached hydrogens (tertiary/aromatic N) is 1. The van der Waals surface area contributed by atoms with Gasteiger partial charge in [-0.1, -0.05) is 0 Å². The summed E-state index contributed by atoms with van der Waals surface area (Å²) in [6.07, 6.45) is 2.70. The van der Waals surface area contributed by atoms with E-state index in [2.05, 4.69) is 5.32 Å². The minimum absolute atomic E-state index is 0.0438. The van der Waals surface area contributed by atoms with Gasteiger partial charge in [-0.05, 0) is 43.4 Å². The zero-order valence-electron chi connectivity index (χ0n) is 12.9. The van der Waals surface area contributed by atoms with E-state index in [4.69, 9.17) is 0 Å². The van der Waals surface area contributed by atoms with Crippen LogP contribution < -0.4 is 10.2 Å². The van der Waals surface area contributed by atoms with Crippen LogP contribution >= 0.6 is 0 Å². The number of hydrogen-bond acceptors (Lipinski definition) is 4. The van der Waals surface area contributed by atoms with Crippen molar-refractivity contribution >= 4 is 21.4 Å². The Morgan fingerprint density at radius 1 is 1.30 bits per heavy atom. The first-order chi connectivity index (χ1) is 10.9. The van der Waals surface area contributed by atoms with E-state index in [9.17, 15) is 17.6 Å². The van der Waals surface area contributed by atoms with Crippen LogP contribution in [-0.2, 0) is 9.84 Å². The van der Waals surface area contributed by atoms with E-state index in [1.54, 1.807) is 12.1 Å². The van der Waals surface area contributed by atoms with Crippen molar-refractivity contribution < 1.29 is 17.6 Å². The average molecular weight is 340 g/mol. The Labute approximate surface area is 135 Å². The number of carbonyl (C=O) groups is 1. The van der Waals surface area contributed by atoms with Crippen molar-refractivity contribution in [3.63, 3.8) is 0 Å². The minimum atomic E-state index is -2.95. The van der Waals surface area contributed by atoms with Crippen LogP contribution in [-0.4, -0.2) is 45.5 Å². The molecular formula is C16H21FN2O3S. The lowest BCUT2D eigenvalue weighted by Gasteiger charge is -2.18. The van der Waals surface area contributed by atoms with Crippen molar-refractivity contribution in [3.05, 3.63) is 29.6 Å². The summed E-state index contributed by atoms with van der Waals surface area (Å²) in [6.45, 7) is 2.00. The van der Waals surface area contributed by atoms with Gasteiger partial charge in [-0.3, -0.25) is 4.79 Å². The number of benzene rings is 1. The third-order valence-corrected chi connectivity index (χ3v) is 6.37. The Kier molecular flexibility index (Phi) is 4.57. The summed E-state index contributed by atoms with van der Waals surface area (Å²) in [5, 5.41) is 2.71. The van der Waals surface area contributed by atoms with Crippen molar-refractivity contribution in [2.24, 2.45) is 5.92 Å². The van der Waals surface area contributed by atoms with E-state index >= 15 is 0 Å². The summed E-state index contributed by atoms with van der Waals surface area (Å²) >= 11 is 0. The first-order valence-corrected chi connectivity index (χ1v) is 9.80. The van der Waals surface area contributed by atoms with Gasteiger partial charge in [0.25, 0.3) is 5.91 Å². The Morgan fingerprint density at radius 3 is 2.65 bits per heavy atom. The molecule has 0 spiro atoms. The molecule has 2 saturated heterocycles. The van der Waals surface area contributed by atoms with Crippen molar-refractivity contribution in [3.8, 4) is 0 Å². The fourth-order valence-electron chi connectivity index (χ4n) is 3.23. The molecular weight excluding hydrogens is 319 g/mol. The number of rotatable bonds is 4. The fourth-order valence-corrected chi connectivity index (χ4v) is 5.10. The molecule has 23 heavy (non-hydrogen) atoms. The molecule has 0 aromatic heterocycles. The standard InChI is InChI=1S/C16H21FN2O3S/c17-14-9-13(3-4-15(14)19-6-1-2-7-19)16(20)18-10-12-5-8-23(21,22)11-12/h3-4,9,12H,1-2,5-8,10-11H2,(H,18,20). The first-order valence-electron chi connectivity index (χ1n) is 7.98. The average Bonchev–Trinajstić information content (AvgIpc) is 3.14. The van der Waals surface area contributed by atoms with E-state index in [1.807, 2.05) is 4.90 Å². The van der Waals surface area contributed by atoms with Gasteiger partial charge in [-0.25, -0.2) is 12.8 Å². The van der Waals surface area contributed by atoms with Gasteiger partial charge < -0.3 is 10.2 Å². The molecule has 1 N–H and O–H groups in total. The molecule has 5 nitrogen and oxygen atoms in total. The quantitative estimate of drug-likeness (QED) is 0.904. The number of hydrogen-bond donors (Lipinski definition) is 1. The summed E-state index contributed by atoms with van der Waals surface area (Å²) in [6, 6.07) is 4.53. The van der Waals surface area contributed by atoms with Crippen molar-refractivity contribution in [1.82, 2.24) is 5.32 Å². The Hall–Kier alpha value is -1.63. The number of carbonyl (C=O) groups excluding carboxylic acids is 1. The third kappa shape index (κ3) is 3.83. The van der Waals surface area contributed by atoms with E-state index in [0.29, 0.717) is 18.7 Å². The van der Waals surface area contributed by atoms with Crippen LogP contribution in [0.2, 0.25) is 0 Å². The molecule has 3 rings (SSSR count). The second kappa shape index (κ2) is 6.47. The second-order valence-corrected chi connectivity index (χ2v) is 8.57. The summed E-state index contributed by atoms with van der Waals surface area (Å²) in [7, 11) is -2.95. The first kappa shape index (κ1) is 16.2. The molecule has 0 aliphatic carbocycles. The number of sulfone groups is 1. The molecule has 2 aliphatic rings. The Balaban J connectivity index is 1.60. The highest BCUT2D eigenvalue weighted by atomic mass is 32.2. The summed E-state index contributed by atoms with van der Waals surface area (Å²) in [5.74, 6) is -0.482. The molecule has 0 bridgehead atoms. The van der Waals surface area contributed by atoms with Crippen LogP contribution in [0.1, 0.15) is 29.6 Å². The van der Waals surface area contributed by atoms with Crippen LogP contribution in [0.15, 0.2) is 18.2 Å². The van der Waals surface area contributed by atoms with E-state index in [0.717, 1.165) is 25.9 Å². The fraction of sp³-hybridized carbons (Fsp3) is 0.562. The Bertz CT molecular complexity index is 699. The topological polar surface area (TPSA) is 66.5 Å². The van der Waals surface area contributed by atoms with Gasteiger partial charge in [0.1, 0.15) is 5.82 Å². The largest absolute Gasteiger partial charge is 0.369 e. The van der Waals surface area contributed by atoms with Crippen molar-refractivity contribution in [1.29, 1.82) is 0 Å². The van der Waals surface area contributed by atoms with Crippen LogP contribution in [0.25, 0.3) is 0 Å². The molecule has 1 aromatic rings. The van der Waals surface area contributed by atoms with Gasteiger partial charge in [0, 0.05) is 25.2 Å². The highest BCUT2D eigenvalue weighted by Gasteiger charge is 2.28. The van der Waals surface area contributed by atoms with Crippen LogP contribution in [0.5, 0.6) is 0 Å². The number of anilines is 1. The van der Waals surface area contributed by atoms with Crippen LogP contribution in [0.4, 0.5) is 10.1 Å². The summed E-state index contributed by atoms with van der Waals surface area (Å²) in [5.41, 5.74) is 0.812. The van der Waals surface area contributed by atoms with Gasteiger partial charge in [0.05, 0.1) is 17.2 Å². The second-order valence-electron chi connectivity index (χ2n) is 6.34. The van der Waals surface area contributed by atoms with Gasteiger partial charge >= 0.3 is 0 Å². The molecule has 1 amide bonds. The highest BCUT2D eigenvalue weighted by Crippen LogP contribution is 2.24. The zero-order valence-corrected chi connectivity index (χ0v) is 13.7. The van der Waals surface area contributed by atoms with Crippen LogP contribution in [0.3, 0.4) is 0 Å². The van der Waals surface area contributed by atoms with Gasteiger partial charge in [0.2, 0.25) is 0 Å². The lowest BCUT2D eigenvalue weighted by atomic mass is 10.1. The molecule has 0 radical (unpaired) electrons. The maximum Gasteiger partial charge on any atom is 0.251 e. The van der Waals surface area contributed by atoms with E-state index < -0.39 is 9.84 Å².